The van der Waals surface area contributed by atoms with Gasteiger partial charge in [0.25, 0.3) is 0 Å². The quantitative estimate of drug-likeness (QED) is 0.508. The van der Waals surface area contributed by atoms with Crippen LogP contribution in [-0.4, -0.2) is 5.26 Å². The molecule has 0 spiro atoms. The molecule has 1 aromatic rings. The van der Waals surface area contributed by atoms with Crippen molar-refractivity contribution in [2.45, 2.75) is 20.0 Å². The Labute approximate surface area is 59.2 Å². The second kappa shape index (κ2) is 2.86. The minimum atomic E-state index is -0.381. The van der Waals surface area contributed by atoms with Gasteiger partial charge in [0.15, 0.2) is 0 Å². The van der Waals surface area contributed by atoms with E-state index in [1.165, 1.54) is 0 Å². The van der Waals surface area contributed by atoms with E-state index in [1.54, 1.807) is 13.0 Å². The fourth-order valence-electron chi connectivity index (χ4n) is 0.724. The van der Waals surface area contributed by atoms with Gasteiger partial charge in [-0.25, -0.2) is 4.89 Å². The average Bonchev–Trinajstić information content (AvgIpc) is 2.34. The molecule has 10 heavy (non-hydrogen) atoms. The maximum absolute atomic E-state index is 8.24. The molecule has 0 aromatic carbocycles. The van der Waals surface area contributed by atoms with Crippen LogP contribution in [0.4, 0.5) is 0 Å². The SMILES string of the molecule is Cc1ccc(C(C)OO)o1. The second-order valence-corrected chi connectivity index (χ2v) is 2.20. The maximum Gasteiger partial charge on any atom is 0.147 e. The van der Waals surface area contributed by atoms with Gasteiger partial charge in [0.1, 0.15) is 17.6 Å². The predicted octanol–water partition coefficient (Wildman–Crippen LogP) is 2.14. The Morgan fingerprint density at radius 2 is 2.30 bits per heavy atom. The van der Waals surface area contributed by atoms with Crippen LogP contribution in [0.5, 0.6) is 0 Å². The molecule has 0 amide bonds. The highest BCUT2D eigenvalue weighted by molar-refractivity contribution is 5.07. The molecule has 0 aliphatic rings. The lowest BCUT2D eigenvalue weighted by Gasteiger charge is -2.01. The molecule has 0 radical (unpaired) electrons. The van der Waals surface area contributed by atoms with Gasteiger partial charge >= 0.3 is 0 Å². The van der Waals surface area contributed by atoms with E-state index in [1.807, 2.05) is 13.0 Å². The Bertz CT molecular complexity index is 204. The fourth-order valence-corrected chi connectivity index (χ4v) is 0.724. The van der Waals surface area contributed by atoms with Gasteiger partial charge in [-0.3, -0.25) is 5.26 Å². The van der Waals surface area contributed by atoms with Gasteiger partial charge in [-0.15, -0.1) is 0 Å². The Hall–Kier alpha value is -0.800. The molecule has 3 heteroatoms. The van der Waals surface area contributed by atoms with Crippen LogP contribution >= 0.6 is 0 Å². The molecule has 1 aromatic heterocycles. The summed E-state index contributed by atoms with van der Waals surface area (Å²) in [5, 5.41) is 8.24. The molecule has 0 fully saturated rings. The Balaban J connectivity index is 2.74. The molecule has 0 bridgehead atoms. The van der Waals surface area contributed by atoms with E-state index in [0.717, 1.165) is 5.76 Å². The molecule has 0 aliphatic carbocycles. The van der Waals surface area contributed by atoms with Crippen LogP contribution in [0.2, 0.25) is 0 Å². The second-order valence-electron chi connectivity index (χ2n) is 2.20. The fraction of sp³-hybridized carbons (Fsp3) is 0.429. The number of rotatable bonds is 2. The number of aryl methyl sites for hydroxylation is 1. The van der Waals surface area contributed by atoms with Crippen LogP contribution in [0.3, 0.4) is 0 Å². The summed E-state index contributed by atoms with van der Waals surface area (Å²) in [5.74, 6) is 1.46. The molecule has 1 atom stereocenters. The molecule has 56 valence electrons. The van der Waals surface area contributed by atoms with Crippen LogP contribution in [0, 0.1) is 6.92 Å². The van der Waals surface area contributed by atoms with E-state index in [-0.39, 0.29) is 6.10 Å². The van der Waals surface area contributed by atoms with Crippen LogP contribution in [0.25, 0.3) is 0 Å². The monoisotopic (exact) mass is 142 g/mol. The first kappa shape index (κ1) is 7.31. The van der Waals surface area contributed by atoms with E-state index < -0.39 is 0 Å². The van der Waals surface area contributed by atoms with Gasteiger partial charge < -0.3 is 4.42 Å². The van der Waals surface area contributed by atoms with Gasteiger partial charge in [0.05, 0.1) is 0 Å². The summed E-state index contributed by atoms with van der Waals surface area (Å²) in [6, 6.07) is 3.60. The lowest BCUT2D eigenvalue weighted by molar-refractivity contribution is -0.280. The first-order valence-electron chi connectivity index (χ1n) is 3.10. The standard InChI is InChI=1S/C7H10O3/c1-5-3-4-7(9-5)6(2)10-8/h3-4,6,8H,1-2H3. The topological polar surface area (TPSA) is 42.6 Å². The Morgan fingerprint density at radius 1 is 1.60 bits per heavy atom. The van der Waals surface area contributed by atoms with Gasteiger partial charge in [0, 0.05) is 0 Å². The van der Waals surface area contributed by atoms with Crippen LogP contribution < -0.4 is 0 Å². The molecule has 1 unspecified atom stereocenters. The van der Waals surface area contributed by atoms with Crippen molar-refractivity contribution >= 4 is 0 Å². The Kier molecular flexibility index (Phi) is 2.09. The third-order valence-corrected chi connectivity index (χ3v) is 1.32. The molecule has 3 nitrogen and oxygen atoms in total. The first-order valence-corrected chi connectivity index (χ1v) is 3.10. The summed E-state index contributed by atoms with van der Waals surface area (Å²) in [6.07, 6.45) is -0.381. The van der Waals surface area contributed by atoms with Crippen molar-refractivity contribution in [3.8, 4) is 0 Å². The summed E-state index contributed by atoms with van der Waals surface area (Å²) in [5.41, 5.74) is 0. The van der Waals surface area contributed by atoms with E-state index in [9.17, 15) is 0 Å². The minimum Gasteiger partial charge on any atom is -0.463 e. The van der Waals surface area contributed by atoms with E-state index in [0.29, 0.717) is 5.76 Å². The molecular weight excluding hydrogens is 132 g/mol. The van der Waals surface area contributed by atoms with Gasteiger partial charge in [-0.05, 0) is 26.0 Å². The van der Waals surface area contributed by atoms with Crippen LogP contribution in [-0.2, 0) is 4.89 Å². The molecule has 0 aliphatic heterocycles. The molecule has 1 heterocycles. The zero-order valence-electron chi connectivity index (χ0n) is 6.00. The van der Waals surface area contributed by atoms with Crippen molar-refractivity contribution in [2.75, 3.05) is 0 Å². The lowest BCUT2D eigenvalue weighted by atomic mass is 10.3. The zero-order valence-corrected chi connectivity index (χ0v) is 6.00. The molecule has 0 saturated carbocycles. The van der Waals surface area contributed by atoms with Crippen molar-refractivity contribution in [3.63, 3.8) is 0 Å². The van der Waals surface area contributed by atoms with Crippen molar-refractivity contribution < 1.29 is 14.6 Å². The van der Waals surface area contributed by atoms with Gasteiger partial charge in [-0.2, -0.15) is 0 Å². The normalized spacial score (nSPS) is 13.5. The van der Waals surface area contributed by atoms with Crippen molar-refractivity contribution in [1.82, 2.24) is 0 Å². The first-order chi connectivity index (χ1) is 4.74. The number of furan rings is 1. The summed E-state index contributed by atoms with van der Waals surface area (Å²) in [6.45, 7) is 3.55. The molecular formula is C7H10O3. The highest BCUT2D eigenvalue weighted by Gasteiger charge is 2.08. The predicted molar refractivity (Wildman–Crippen MR) is 35.6 cm³/mol. The molecule has 0 saturated heterocycles. The number of hydrogen-bond donors (Lipinski definition) is 1. The largest absolute Gasteiger partial charge is 0.463 e. The van der Waals surface area contributed by atoms with Gasteiger partial charge in [0.2, 0.25) is 0 Å². The summed E-state index contributed by atoms with van der Waals surface area (Å²) in [4.78, 5) is 4.06. The molecule has 1 rings (SSSR count). The maximum atomic E-state index is 8.24. The highest BCUT2D eigenvalue weighted by atomic mass is 17.1. The minimum absolute atomic E-state index is 0.381. The summed E-state index contributed by atoms with van der Waals surface area (Å²) >= 11 is 0. The summed E-state index contributed by atoms with van der Waals surface area (Å²) < 4.78 is 5.15. The third-order valence-electron chi connectivity index (χ3n) is 1.32. The molecule has 1 N–H and O–H groups in total. The smallest absolute Gasteiger partial charge is 0.147 e. The van der Waals surface area contributed by atoms with Crippen molar-refractivity contribution in [1.29, 1.82) is 0 Å². The number of hydrogen-bond acceptors (Lipinski definition) is 3. The van der Waals surface area contributed by atoms with E-state index in [2.05, 4.69) is 4.89 Å². The van der Waals surface area contributed by atoms with E-state index >= 15 is 0 Å². The Morgan fingerprint density at radius 3 is 2.70 bits per heavy atom. The third kappa shape index (κ3) is 1.37. The van der Waals surface area contributed by atoms with Gasteiger partial charge in [-0.1, -0.05) is 0 Å². The van der Waals surface area contributed by atoms with Crippen LogP contribution in [0.1, 0.15) is 24.5 Å². The van der Waals surface area contributed by atoms with E-state index in [4.69, 9.17) is 9.67 Å². The lowest BCUT2D eigenvalue weighted by Crippen LogP contribution is -1.92. The summed E-state index contributed by atoms with van der Waals surface area (Å²) in [7, 11) is 0. The van der Waals surface area contributed by atoms with Crippen LogP contribution in [0.15, 0.2) is 16.5 Å². The van der Waals surface area contributed by atoms with Crippen molar-refractivity contribution in [3.05, 3.63) is 23.7 Å². The zero-order chi connectivity index (χ0) is 7.56. The highest BCUT2D eigenvalue weighted by Crippen LogP contribution is 2.17. The average molecular weight is 142 g/mol. The van der Waals surface area contributed by atoms with Crippen molar-refractivity contribution in [2.24, 2.45) is 0 Å².